The maximum atomic E-state index is 13.6. The average molecular weight is 451 g/mol. The summed E-state index contributed by atoms with van der Waals surface area (Å²) in [5.74, 6) is -0.469. The molecule has 1 aromatic heterocycles. The second-order valence-corrected chi connectivity index (χ2v) is 9.16. The zero-order valence-corrected chi connectivity index (χ0v) is 18.5. The van der Waals surface area contributed by atoms with E-state index in [1.54, 1.807) is 48.5 Å². The number of carbonyl (C=O) groups excluding carboxylic acids is 1. The molecule has 0 fully saturated rings. The zero-order valence-electron chi connectivity index (χ0n) is 17.6. The summed E-state index contributed by atoms with van der Waals surface area (Å²) in [6.07, 6.45) is 0.885. The van der Waals surface area contributed by atoms with Crippen molar-refractivity contribution in [2.45, 2.75) is 25.2 Å². The van der Waals surface area contributed by atoms with Crippen LogP contribution in [0.5, 0.6) is 0 Å². The highest BCUT2D eigenvalue weighted by atomic mass is 32.2. The molecular formula is C23H22N4O4S. The van der Waals surface area contributed by atoms with E-state index in [4.69, 9.17) is 4.63 Å². The third-order valence-electron chi connectivity index (χ3n) is 5.07. The number of fused-ring (bicyclic) bond motifs is 1. The largest absolute Gasteiger partial charge is 0.325 e. The van der Waals surface area contributed by atoms with Gasteiger partial charge >= 0.3 is 0 Å². The Hall–Kier alpha value is -3.72. The maximum absolute atomic E-state index is 13.6. The Kier molecular flexibility index (Phi) is 5.91. The number of anilines is 2. The van der Waals surface area contributed by atoms with E-state index < -0.39 is 22.5 Å². The van der Waals surface area contributed by atoms with Crippen molar-refractivity contribution in [3.05, 3.63) is 77.9 Å². The molecule has 0 unspecified atom stereocenters. The van der Waals surface area contributed by atoms with E-state index in [1.807, 2.05) is 26.0 Å². The van der Waals surface area contributed by atoms with Gasteiger partial charge < -0.3 is 5.32 Å². The summed E-state index contributed by atoms with van der Waals surface area (Å²) in [5, 5.41) is 10.2. The van der Waals surface area contributed by atoms with Crippen molar-refractivity contribution in [2.24, 2.45) is 0 Å². The molecule has 0 spiro atoms. The first-order chi connectivity index (χ1) is 15.4. The van der Waals surface area contributed by atoms with Gasteiger partial charge in [-0.1, -0.05) is 42.8 Å². The van der Waals surface area contributed by atoms with Gasteiger partial charge in [0.15, 0.2) is 5.52 Å². The highest BCUT2D eigenvalue weighted by molar-refractivity contribution is 7.93. The van der Waals surface area contributed by atoms with Gasteiger partial charge in [-0.15, -0.1) is 0 Å². The first kappa shape index (κ1) is 21.5. The maximum Gasteiger partial charge on any atom is 0.267 e. The lowest BCUT2D eigenvalue weighted by Crippen LogP contribution is -2.38. The van der Waals surface area contributed by atoms with Crippen LogP contribution in [0.4, 0.5) is 11.4 Å². The SMILES string of the molecule is CCc1ccc(NC(=O)CN(c2ccc(C)cc2)S(=O)(=O)c2cccc3nonc23)cc1. The Labute approximate surface area is 185 Å². The van der Waals surface area contributed by atoms with E-state index in [0.717, 1.165) is 21.9 Å². The Morgan fingerprint density at radius 3 is 2.41 bits per heavy atom. The number of rotatable bonds is 7. The second-order valence-electron chi connectivity index (χ2n) is 7.33. The van der Waals surface area contributed by atoms with Gasteiger partial charge in [0.25, 0.3) is 10.0 Å². The van der Waals surface area contributed by atoms with E-state index in [-0.39, 0.29) is 10.4 Å². The fraction of sp³-hybridized carbons (Fsp3) is 0.174. The molecule has 1 heterocycles. The van der Waals surface area contributed by atoms with E-state index in [0.29, 0.717) is 16.9 Å². The van der Waals surface area contributed by atoms with Crippen LogP contribution in [0.2, 0.25) is 0 Å². The third kappa shape index (κ3) is 4.33. The van der Waals surface area contributed by atoms with Crippen LogP contribution in [0, 0.1) is 6.92 Å². The lowest BCUT2D eigenvalue weighted by Gasteiger charge is -2.24. The second kappa shape index (κ2) is 8.80. The number of aryl methyl sites for hydroxylation is 2. The summed E-state index contributed by atoms with van der Waals surface area (Å²) in [4.78, 5) is 12.8. The molecular weight excluding hydrogens is 428 g/mol. The molecule has 0 aliphatic rings. The lowest BCUT2D eigenvalue weighted by molar-refractivity contribution is -0.114. The highest BCUT2D eigenvalue weighted by Crippen LogP contribution is 2.28. The van der Waals surface area contributed by atoms with Crippen LogP contribution in [0.3, 0.4) is 0 Å². The molecule has 4 rings (SSSR count). The van der Waals surface area contributed by atoms with Gasteiger partial charge in [0, 0.05) is 5.69 Å². The number of aromatic nitrogens is 2. The molecule has 164 valence electrons. The van der Waals surface area contributed by atoms with E-state index in [1.165, 1.54) is 6.07 Å². The Morgan fingerprint density at radius 1 is 1.00 bits per heavy atom. The Morgan fingerprint density at radius 2 is 1.72 bits per heavy atom. The molecule has 0 saturated carbocycles. The number of benzene rings is 3. The summed E-state index contributed by atoms with van der Waals surface area (Å²) in [5.41, 5.74) is 3.49. The highest BCUT2D eigenvalue weighted by Gasteiger charge is 2.30. The normalized spacial score (nSPS) is 11.4. The van der Waals surface area contributed by atoms with Crippen LogP contribution in [0.25, 0.3) is 11.0 Å². The number of sulfonamides is 1. The molecule has 0 aliphatic carbocycles. The number of nitrogens with one attached hydrogen (secondary N) is 1. The Balaban J connectivity index is 1.69. The van der Waals surface area contributed by atoms with E-state index in [2.05, 4.69) is 15.6 Å². The minimum atomic E-state index is -4.15. The van der Waals surface area contributed by atoms with Gasteiger partial charge in [-0.3, -0.25) is 9.10 Å². The van der Waals surface area contributed by atoms with Gasteiger partial charge in [0.05, 0.1) is 5.69 Å². The quantitative estimate of drug-likeness (QED) is 0.457. The summed E-state index contributed by atoms with van der Waals surface area (Å²) in [6, 6.07) is 18.9. The van der Waals surface area contributed by atoms with Crippen molar-refractivity contribution >= 4 is 38.3 Å². The monoisotopic (exact) mass is 450 g/mol. The molecule has 4 aromatic rings. The van der Waals surface area contributed by atoms with Crippen LogP contribution in [0.15, 0.2) is 76.3 Å². The van der Waals surface area contributed by atoms with Crippen molar-refractivity contribution in [1.82, 2.24) is 10.3 Å². The van der Waals surface area contributed by atoms with Crippen LogP contribution in [-0.4, -0.2) is 31.2 Å². The number of hydrogen-bond donors (Lipinski definition) is 1. The van der Waals surface area contributed by atoms with Gasteiger partial charge in [0.2, 0.25) is 5.91 Å². The van der Waals surface area contributed by atoms with Gasteiger partial charge in [0.1, 0.15) is 17.0 Å². The standard InChI is InChI=1S/C23H22N4O4S/c1-3-17-9-11-18(12-10-17)24-22(28)15-27(19-13-7-16(2)8-14-19)32(29,30)21-6-4-5-20-23(21)26-31-25-20/h4-14H,3,15H2,1-2H3,(H,24,28). The molecule has 8 nitrogen and oxygen atoms in total. The van der Waals surface area contributed by atoms with Crippen molar-refractivity contribution in [3.8, 4) is 0 Å². The Bertz CT molecular complexity index is 1350. The molecule has 1 N–H and O–H groups in total. The molecule has 32 heavy (non-hydrogen) atoms. The van der Waals surface area contributed by atoms with Crippen LogP contribution in [0.1, 0.15) is 18.1 Å². The zero-order chi connectivity index (χ0) is 22.7. The van der Waals surface area contributed by atoms with Crippen molar-refractivity contribution < 1.29 is 17.8 Å². The molecule has 0 saturated heterocycles. The molecule has 1 amide bonds. The van der Waals surface area contributed by atoms with E-state index in [9.17, 15) is 13.2 Å². The predicted molar refractivity (Wildman–Crippen MR) is 122 cm³/mol. The first-order valence-electron chi connectivity index (χ1n) is 10.1. The molecule has 3 aromatic carbocycles. The van der Waals surface area contributed by atoms with Crippen molar-refractivity contribution in [1.29, 1.82) is 0 Å². The number of hydrogen-bond acceptors (Lipinski definition) is 6. The summed E-state index contributed by atoms with van der Waals surface area (Å²) < 4.78 is 33.1. The summed E-state index contributed by atoms with van der Waals surface area (Å²) in [7, 11) is -4.15. The number of carbonyl (C=O) groups is 1. The van der Waals surface area contributed by atoms with Gasteiger partial charge in [-0.25, -0.2) is 13.0 Å². The third-order valence-corrected chi connectivity index (χ3v) is 6.88. The fourth-order valence-corrected chi connectivity index (χ4v) is 4.85. The van der Waals surface area contributed by atoms with Crippen molar-refractivity contribution in [3.63, 3.8) is 0 Å². The average Bonchev–Trinajstić information content (AvgIpc) is 3.27. The van der Waals surface area contributed by atoms with Gasteiger partial charge in [-0.2, -0.15) is 0 Å². The first-order valence-corrected chi connectivity index (χ1v) is 11.5. The minimum absolute atomic E-state index is 0.0862. The summed E-state index contributed by atoms with van der Waals surface area (Å²) in [6.45, 7) is 3.53. The number of nitrogens with zero attached hydrogens (tertiary/aromatic N) is 3. The van der Waals surface area contributed by atoms with Crippen LogP contribution >= 0.6 is 0 Å². The predicted octanol–water partition coefficient (Wildman–Crippen LogP) is 3.93. The molecule has 0 bridgehead atoms. The van der Waals surface area contributed by atoms with E-state index >= 15 is 0 Å². The fourth-order valence-electron chi connectivity index (χ4n) is 3.29. The molecule has 0 aliphatic heterocycles. The van der Waals surface area contributed by atoms with Gasteiger partial charge in [-0.05, 0) is 65.6 Å². The topological polar surface area (TPSA) is 105 Å². The number of amides is 1. The smallest absolute Gasteiger partial charge is 0.267 e. The van der Waals surface area contributed by atoms with Crippen LogP contribution in [-0.2, 0) is 21.2 Å². The lowest BCUT2D eigenvalue weighted by atomic mass is 10.1. The molecule has 0 atom stereocenters. The minimum Gasteiger partial charge on any atom is -0.325 e. The summed E-state index contributed by atoms with van der Waals surface area (Å²) >= 11 is 0. The molecule has 0 radical (unpaired) electrons. The van der Waals surface area contributed by atoms with Crippen LogP contribution < -0.4 is 9.62 Å². The van der Waals surface area contributed by atoms with Crippen molar-refractivity contribution in [2.75, 3.05) is 16.2 Å². The molecule has 9 heteroatoms.